The Balaban J connectivity index is 1.38. The zero-order valence-electron chi connectivity index (χ0n) is 16.8. The first kappa shape index (κ1) is 19.1. The topological polar surface area (TPSA) is 69.7 Å². The second-order valence-corrected chi connectivity index (χ2v) is 7.71. The number of piperazine rings is 1. The van der Waals surface area contributed by atoms with Crippen molar-refractivity contribution in [3.05, 3.63) is 53.5 Å². The van der Waals surface area contributed by atoms with E-state index in [4.69, 9.17) is 9.15 Å². The minimum absolute atomic E-state index is 0.118. The fraction of sp³-hybridized carbons (Fsp3) is 0.391. The van der Waals surface area contributed by atoms with Crippen LogP contribution in [-0.4, -0.2) is 44.1 Å². The molecule has 1 aliphatic carbocycles. The Morgan fingerprint density at radius 2 is 1.86 bits per heavy atom. The van der Waals surface area contributed by atoms with Gasteiger partial charge in [-0.05, 0) is 48.7 Å². The normalized spacial score (nSPS) is 21.6. The van der Waals surface area contributed by atoms with E-state index in [1.165, 1.54) is 0 Å². The molecule has 1 amide bonds. The van der Waals surface area contributed by atoms with Crippen molar-refractivity contribution in [1.82, 2.24) is 4.90 Å². The summed E-state index contributed by atoms with van der Waals surface area (Å²) in [6, 6.07) is 13.7. The van der Waals surface area contributed by atoms with E-state index in [0.29, 0.717) is 30.7 Å². The summed E-state index contributed by atoms with van der Waals surface area (Å²) in [5, 5.41) is 9.51. The second kappa shape index (κ2) is 8.04. The third-order valence-electron chi connectivity index (χ3n) is 5.76. The predicted octanol–water partition coefficient (Wildman–Crippen LogP) is 3.67. The van der Waals surface area contributed by atoms with Crippen LogP contribution in [-0.2, 0) is 4.79 Å². The van der Waals surface area contributed by atoms with E-state index in [-0.39, 0.29) is 11.5 Å². The fourth-order valence-electron chi connectivity index (χ4n) is 3.78. The summed E-state index contributed by atoms with van der Waals surface area (Å²) in [6.45, 7) is 4.79. The lowest BCUT2D eigenvalue weighted by atomic mass is 10.2. The molecule has 2 fully saturated rings. The van der Waals surface area contributed by atoms with E-state index in [0.717, 1.165) is 36.7 Å². The molecule has 2 atom stereocenters. The molecular weight excluding hydrogens is 366 g/mol. The average Bonchev–Trinajstić information content (AvgIpc) is 3.31. The molecule has 1 aliphatic heterocycles. The maximum absolute atomic E-state index is 12.8. The number of hydrogen-bond acceptors (Lipinski definition) is 5. The number of benzene rings is 1. The van der Waals surface area contributed by atoms with Crippen LogP contribution >= 0.6 is 0 Å². The lowest BCUT2D eigenvalue weighted by molar-refractivity contribution is -0.126. The monoisotopic (exact) mass is 391 g/mol. The minimum atomic E-state index is -0.236. The van der Waals surface area contributed by atoms with Crippen molar-refractivity contribution in [3.8, 4) is 11.8 Å². The van der Waals surface area contributed by atoms with Gasteiger partial charge >= 0.3 is 0 Å². The maximum atomic E-state index is 12.8. The molecule has 1 saturated heterocycles. The van der Waals surface area contributed by atoms with Crippen LogP contribution in [0.2, 0.25) is 0 Å². The van der Waals surface area contributed by atoms with Crippen molar-refractivity contribution >= 4 is 17.7 Å². The second-order valence-electron chi connectivity index (χ2n) is 7.71. The summed E-state index contributed by atoms with van der Waals surface area (Å²) in [6.07, 6.45) is 2.70. The van der Waals surface area contributed by atoms with Crippen LogP contribution in [0.4, 0.5) is 5.69 Å². The number of methoxy groups -OCH3 is 1. The van der Waals surface area contributed by atoms with Crippen LogP contribution in [0.15, 0.2) is 46.4 Å². The van der Waals surface area contributed by atoms with Gasteiger partial charge in [0.15, 0.2) is 0 Å². The molecule has 1 saturated carbocycles. The third-order valence-corrected chi connectivity index (χ3v) is 5.76. The van der Waals surface area contributed by atoms with Crippen molar-refractivity contribution in [1.29, 1.82) is 5.26 Å². The van der Waals surface area contributed by atoms with Gasteiger partial charge in [-0.25, -0.2) is 0 Å². The highest BCUT2D eigenvalue weighted by Gasteiger charge is 2.36. The minimum Gasteiger partial charge on any atom is -0.497 e. The molecule has 2 aliphatic rings. The molecule has 29 heavy (non-hydrogen) atoms. The lowest BCUT2D eigenvalue weighted by Crippen LogP contribution is -2.49. The molecule has 2 heterocycles. The van der Waals surface area contributed by atoms with Gasteiger partial charge in [-0.1, -0.05) is 6.92 Å². The number of carbonyl (C=O) groups is 1. The molecular formula is C23H25N3O3. The smallest absolute Gasteiger partial charge is 0.264 e. The van der Waals surface area contributed by atoms with Crippen molar-refractivity contribution in [2.24, 2.45) is 5.92 Å². The van der Waals surface area contributed by atoms with Crippen LogP contribution < -0.4 is 9.64 Å². The van der Waals surface area contributed by atoms with E-state index in [1.54, 1.807) is 18.1 Å². The van der Waals surface area contributed by atoms with E-state index >= 15 is 0 Å². The Hall–Kier alpha value is -3.20. The quantitative estimate of drug-likeness (QED) is 0.575. The van der Waals surface area contributed by atoms with Crippen LogP contribution in [0, 0.1) is 17.2 Å². The Labute approximate surface area is 171 Å². The van der Waals surface area contributed by atoms with Crippen LogP contribution in [0.5, 0.6) is 5.75 Å². The molecule has 2 aromatic rings. The molecule has 0 N–H and O–H groups in total. The Kier molecular flexibility index (Phi) is 5.30. The van der Waals surface area contributed by atoms with Gasteiger partial charge in [-0.3, -0.25) is 4.79 Å². The van der Waals surface area contributed by atoms with Gasteiger partial charge in [-0.15, -0.1) is 0 Å². The summed E-state index contributed by atoms with van der Waals surface area (Å²) in [7, 11) is 1.65. The summed E-state index contributed by atoms with van der Waals surface area (Å²) in [5.74, 6) is 3.23. The van der Waals surface area contributed by atoms with Gasteiger partial charge in [-0.2, -0.15) is 5.26 Å². The molecule has 0 radical (unpaired) electrons. The number of amides is 1. The Morgan fingerprint density at radius 1 is 1.17 bits per heavy atom. The molecule has 6 nitrogen and oxygen atoms in total. The highest BCUT2D eigenvalue weighted by atomic mass is 16.5. The molecule has 150 valence electrons. The molecule has 0 unspecified atom stereocenters. The Bertz CT molecular complexity index is 946. The fourth-order valence-corrected chi connectivity index (χ4v) is 3.78. The SMILES string of the molecule is COc1ccc(N2CCN(C(=O)/C(C#N)=C/c3ccc([C@H]4C[C@H]4C)o3)CC2)cc1. The largest absolute Gasteiger partial charge is 0.497 e. The van der Waals surface area contributed by atoms with E-state index in [1.807, 2.05) is 42.5 Å². The predicted molar refractivity (Wildman–Crippen MR) is 111 cm³/mol. The van der Waals surface area contributed by atoms with Gasteiger partial charge in [0.25, 0.3) is 5.91 Å². The first-order valence-corrected chi connectivity index (χ1v) is 9.99. The van der Waals surface area contributed by atoms with Gasteiger partial charge in [0.05, 0.1) is 7.11 Å². The highest BCUT2D eigenvalue weighted by Crippen LogP contribution is 2.47. The number of furan rings is 1. The van der Waals surface area contributed by atoms with Crippen LogP contribution in [0.3, 0.4) is 0 Å². The number of nitriles is 1. The first-order valence-electron chi connectivity index (χ1n) is 9.99. The molecule has 0 spiro atoms. The van der Waals surface area contributed by atoms with Crippen LogP contribution in [0.1, 0.15) is 30.8 Å². The first-order chi connectivity index (χ1) is 14.1. The summed E-state index contributed by atoms with van der Waals surface area (Å²) >= 11 is 0. The lowest BCUT2D eigenvalue weighted by Gasteiger charge is -2.36. The average molecular weight is 391 g/mol. The van der Waals surface area contributed by atoms with Crippen molar-refractivity contribution in [2.45, 2.75) is 19.3 Å². The Morgan fingerprint density at radius 3 is 2.45 bits per heavy atom. The summed E-state index contributed by atoms with van der Waals surface area (Å²) in [4.78, 5) is 16.8. The molecule has 0 bridgehead atoms. The number of rotatable bonds is 5. The van der Waals surface area contributed by atoms with Crippen LogP contribution in [0.25, 0.3) is 6.08 Å². The van der Waals surface area contributed by atoms with Gasteiger partial charge in [0.2, 0.25) is 0 Å². The van der Waals surface area contributed by atoms with Gasteiger partial charge in [0, 0.05) is 43.9 Å². The molecule has 1 aromatic heterocycles. The van der Waals surface area contributed by atoms with Crippen molar-refractivity contribution in [2.75, 3.05) is 38.2 Å². The molecule has 6 heteroatoms. The van der Waals surface area contributed by atoms with E-state index in [9.17, 15) is 10.1 Å². The maximum Gasteiger partial charge on any atom is 0.264 e. The standard InChI is InChI=1S/C23H25N3O3/c1-16-13-21(16)22-8-7-20(29-22)14-17(15-24)23(27)26-11-9-25(10-12-26)18-3-5-19(28-2)6-4-18/h3-8,14,16,21H,9-13H2,1-2H3/b17-14+/t16-,21+/m1/s1. The molecule has 1 aromatic carbocycles. The number of carbonyl (C=O) groups excluding carboxylic acids is 1. The zero-order chi connectivity index (χ0) is 20.4. The van der Waals surface area contributed by atoms with E-state index in [2.05, 4.69) is 11.8 Å². The number of ether oxygens (including phenoxy) is 1. The van der Waals surface area contributed by atoms with Crippen molar-refractivity contribution < 1.29 is 13.9 Å². The summed E-state index contributed by atoms with van der Waals surface area (Å²) < 4.78 is 11.0. The van der Waals surface area contributed by atoms with Crippen molar-refractivity contribution in [3.63, 3.8) is 0 Å². The highest BCUT2D eigenvalue weighted by molar-refractivity contribution is 6.01. The third kappa shape index (κ3) is 4.14. The van der Waals surface area contributed by atoms with Gasteiger partial charge in [0.1, 0.15) is 28.9 Å². The van der Waals surface area contributed by atoms with E-state index < -0.39 is 0 Å². The van der Waals surface area contributed by atoms with Gasteiger partial charge < -0.3 is 19.0 Å². The zero-order valence-corrected chi connectivity index (χ0v) is 16.8. The summed E-state index contributed by atoms with van der Waals surface area (Å²) in [5.41, 5.74) is 1.22. The molecule has 4 rings (SSSR count). The number of anilines is 1. The number of nitrogens with zero attached hydrogens (tertiary/aromatic N) is 3. The number of hydrogen-bond donors (Lipinski definition) is 0.